The van der Waals surface area contributed by atoms with Crippen LogP contribution in [0.2, 0.25) is 0 Å². The third-order valence-corrected chi connectivity index (χ3v) is 5.42. The van der Waals surface area contributed by atoms with Gasteiger partial charge >= 0.3 is 0 Å². The maximum absolute atomic E-state index is 12.7. The van der Waals surface area contributed by atoms with Gasteiger partial charge in [0.05, 0.1) is 11.6 Å². The van der Waals surface area contributed by atoms with Gasteiger partial charge in [0.15, 0.2) is 5.82 Å². The predicted molar refractivity (Wildman–Crippen MR) is 107 cm³/mol. The van der Waals surface area contributed by atoms with Gasteiger partial charge in [-0.2, -0.15) is 9.50 Å². The third-order valence-electron chi connectivity index (χ3n) is 3.97. The largest absolute Gasteiger partial charge is 0.496 e. The number of rotatable bonds is 3. The van der Waals surface area contributed by atoms with Crippen molar-refractivity contribution in [1.29, 1.82) is 0 Å². The van der Waals surface area contributed by atoms with E-state index in [4.69, 9.17) is 4.74 Å². The van der Waals surface area contributed by atoms with Crippen molar-refractivity contribution in [3.8, 4) is 17.1 Å². The fourth-order valence-corrected chi connectivity index (χ4v) is 3.90. The van der Waals surface area contributed by atoms with Gasteiger partial charge in [-0.1, -0.05) is 57.1 Å². The van der Waals surface area contributed by atoms with Gasteiger partial charge in [0.1, 0.15) is 5.75 Å². The molecule has 2 aromatic heterocycles. The molecule has 0 unspecified atom stereocenters. The number of ether oxygens (including phenoxy) is 1. The van der Waals surface area contributed by atoms with Crippen LogP contribution in [0.25, 0.3) is 22.4 Å². The van der Waals surface area contributed by atoms with Gasteiger partial charge in [-0.25, -0.2) is 0 Å². The Bertz CT molecular complexity index is 1210. The van der Waals surface area contributed by atoms with E-state index in [-0.39, 0.29) is 5.56 Å². The van der Waals surface area contributed by atoms with Crippen LogP contribution < -0.4 is 14.8 Å². The Hall–Kier alpha value is -2.51. The Morgan fingerprint density at radius 2 is 1.96 bits per heavy atom. The molecular weight excluding hydrogens is 414 g/mol. The van der Waals surface area contributed by atoms with Crippen molar-refractivity contribution < 1.29 is 4.74 Å². The summed E-state index contributed by atoms with van der Waals surface area (Å²) in [4.78, 5) is 17.8. The summed E-state index contributed by atoms with van der Waals surface area (Å²) in [5, 5.41) is 4.38. The van der Waals surface area contributed by atoms with E-state index in [0.29, 0.717) is 21.1 Å². The Kier molecular flexibility index (Phi) is 4.34. The van der Waals surface area contributed by atoms with E-state index in [0.717, 1.165) is 15.6 Å². The second-order valence-corrected chi connectivity index (χ2v) is 7.72. The Balaban J connectivity index is 1.83. The predicted octanol–water partition coefficient (Wildman–Crippen LogP) is 3.45. The highest BCUT2D eigenvalue weighted by atomic mass is 79.9. The van der Waals surface area contributed by atoms with Gasteiger partial charge in [0, 0.05) is 15.6 Å². The van der Waals surface area contributed by atoms with Crippen LogP contribution in [0.15, 0.2) is 51.7 Å². The molecule has 5 nitrogen and oxygen atoms in total. The first-order chi connectivity index (χ1) is 12.5. The normalized spacial score (nSPS) is 12.0. The highest BCUT2D eigenvalue weighted by Crippen LogP contribution is 2.23. The number of nitrogens with zero attached hydrogens (tertiary/aromatic N) is 3. The van der Waals surface area contributed by atoms with E-state index < -0.39 is 0 Å². The highest BCUT2D eigenvalue weighted by molar-refractivity contribution is 9.10. The minimum absolute atomic E-state index is 0.183. The van der Waals surface area contributed by atoms with Gasteiger partial charge in [-0.3, -0.25) is 4.79 Å². The zero-order valence-corrected chi connectivity index (χ0v) is 16.5. The van der Waals surface area contributed by atoms with Crippen LogP contribution in [-0.4, -0.2) is 21.7 Å². The number of halogens is 1. The summed E-state index contributed by atoms with van der Waals surface area (Å²) < 4.78 is 8.20. The number of benzene rings is 2. The SMILES string of the molecule is COc1ccc(Br)cc1/C=c1\sc2nc(-c3ccc(C)cc3)nn2c1=O. The van der Waals surface area contributed by atoms with Crippen LogP contribution in [-0.2, 0) is 0 Å². The molecule has 4 aromatic rings. The van der Waals surface area contributed by atoms with E-state index in [1.807, 2.05) is 49.4 Å². The Morgan fingerprint density at radius 1 is 1.19 bits per heavy atom. The van der Waals surface area contributed by atoms with Crippen molar-refractivity contribution in [1.82, 2.24) is 14.6 Å². The van der Waals surface area contributed by atoms with Crippen LogP contribution >= 0.6 is 27.3 Å². The lowest BCUT2D eigenvalue weighted by Gasteiger charge is -2.04. The molecule has 2 heterocycles. The molecule has 0 aliphatic rings. The Morgan fingerprint density at radius 3 is 2.65 bits per heavy atom. The van der Waals surface area contributed by atoms with E-state index in [2.05, 4.69) is 26.0 Å². The first-order valence-electron chi connectivity index (χ1n) is 7.87. The summed E-state index contributed by atoms with van der Waals surface area (Å²) >= 11 is 4.76. The maximum atomic E-state index is 12.7. The number of thiazole rings is 1. The standard InChI is InChI=1S/C19H14BrN3O2S/c1-11-3-5-12(6-4-11)17-21-19-23(22-17)18(24)16(26-19)10-13-9-14(20)7-8-15(13)25-2/h3-10H,1-2H3/b16-10-. The number of hydrogen-bond donors (Lipinski definition) is 0. The molecule has 130 valence electrons. The van der Waals surface area contributed by atoms with Crippen molar-refractivity contribution >= 4 is 38.3 Å². The molecule has 0 spiro atoms. The summed E-state index contributed by atoms with van der Waals surface area (Å²) in [5.41, 5.74) is 2.70. The molecule has 7 heteroatoms. The van der Waals surface area contributed by atoms with Crippen LogP contribution in [0.1, 0.15) is 11.1 Å². The van der Waals surface area contributed by atoms with Crippen molar-refractivity contribution in [2.45, 2.75) is 6.92 Å². The molecule has 2 aromatic carbocycles. The molecule has 0 fully saturated rings. The second-order valence-electron chi connectivity index (χ2n) is 5.80. The van der Waals surface area contributed by atoms with Gasteiger partial charge in [-0.05, 0) is 31.2 Å². The lowest BCUT2D eigenvalue weighted by Crippen LogP contribution is -2.23. The number of aromatic nitrogens is 3. The van der Waals surface area contributed by atoms with Gasteiger partial charge in [0.2, 0.25) is 4.96 Å². The van der Waals surface area contributed by atoms with E-state index in [1.165, 1.54) is 21.4 Å². The molecule has 0 bridgehead atoms. The molecule has 0 N–H and O–H groups in total. The summed E-state index contributed by atoms with van der Waals surface area (Å²) in [6.45, 7) is 2.02. The number of fused-ring (bicyclic) bond motifs is 1. The van der Waals surface area contributed by atoms with Gasteiger partial charge in [0.25, 0.3) is 5.56 Å². The van der Waals surface area contributed by atoms with Gasteiger partial charge in [-0.15, -0.1) is 5.10 Å². The first-order valence-corrected chi connectivity index (χ1v) is 9.48. The molecule has 0 aliphatic carbocycles. The van der Waals surface area contributed by atoms with Crippen LogP contribution in [0.5, 0.6) is 5.75 Å². The van der Waals surface area contributed by atoms with E-state index >= 15 is 0 Å². The van der Waals surface area contributed by atoms with E-state index in [1.54, 1.807) is 13.2 Å². The molecule has 0 aliphatic heterocycles. The van der Waals surface area contributed by atoms with Gasteiger partial charge < -0.3 is 4.74 Å². The van der Waals surface area contributed by atoms with Crippen LogP contribution in [0, 0.1) is 6.92 Å². The quantitative estimate of drug-likeness (QED) is 0.502. The summed E-state index contributed by atoms with van der Waals surface area (Å²) in [6.07, 6.45) is 1.80. The summed E-state index contributed by atoms with van der Waals surface area (Å²) in [5.74, 6) is 1.26. The molecule has 0 saturated carbocycles. The topological polar surface area (TPSA) is 56.5 Å². The van der Waals surface area contributed by atoms with Crippen LogP contribution in [0.4, 0.5) is 0 Å². The summed E-state index contributed by atoms with van der Waals surface area (Å²) in [7, 11) is 1.61. The molecule has 0 atom stereocenters. The second kappa shape index (κ2) is 6.66. The molecule has 4 rings (SSSR count). The maximum Gasteiger partial charge on any atom is 0.291 e. The fourth-order valence-electron chi connectivity index (χ4n) is 2.62. The zero-order chi connectivity index (χ0) is 18.3. The van der Waals surface area contributed by atoms with Crippen molar-refractivity contribution in [2.24, 2.45) is 0 Å². The van der Waals surface area contributed by atoms with E-state index in [9.17, 15) is 4.79 Å². The smallest absolute Gasteiger partial charge is 0.291 e. The zero-order valence-electron chi connectivity index (χ0n) is 14.1. The lowest BCUT2D eigenvalue weighted by molar-refractivity contribution is 0.414. The Labute approximate surface area is 161 Å². The first kappa shape index (κ1) is 16.9. The number of methoxy groups -OCH3 is 1. The lowest BCUT2D eigenvalue weighted by atomic mass is 10.1. The van der Waals surface area contributed by atoms with Crippen LogP contribution in [0.3, 0.4) is 0 Å². The minimum atomic E-state index is -0.183. The molecule has 0 radical (unpaired) electrons. The fraction of sp³-hybridized carbons (Fsp3) is 0.105. The average Bonchev–Trinajstić information content (AvgIpc) is 3.16. The minimum Gasteiger partial charge on any atom is -0.496 e. The third kappa shape index (κ3) is 3.04. The average molecular weight is 428 g/mol. The van der Waals surface area contributed by atoms with Crippen molar-refractivity contribution in [2.75, 3.05) is 7.11 Å². The molecule has 26 heavy (non-hydrogen) atoms. The number of aryl methyl sites for hydroxylation is 1. The summed E-state index contributed by atoms with van der Waals surface area (Å²) in [6, 6.07) is 13.6. The molecular formula is C19H14BrN3O2S. The highest BCUT2D eigenvalue weighted by Gasteiger charge is 2.12. The monoisotopic (exact) mass is 427 g/mol. The van der Waals surface area contributed by atoms with Crippen molar-refractivity contribution in [3.05, 3.63) is 73.0 Å². The molecule has 0 saturated heterocycles. The van der Waals surface area contributed by atoms with Crippen molar-refractivity contribution in [3.63, 3.8) is 0 Å². The number of hydrogen-bond acceptors (Lipinski definition) is 5. The molecule has 0 amide bonds.